The van der Waals surface area contributed by atoms with Gasteiger partial charge >= 0.3 is 0 Å². The molecule has 3 heteroatoms. The number of hydrogen-bond acceptors (Lipinski definition) is 2. The molecule has 0 N–H and O–H groups in total. The van der Waals surface area contributed by atoms with E-state index in [1.807, 2.05) is 4.90 Å². The lowest BCUT2D eigenvalue weighted by Crippen LogP contribution is -2.36. The Hall–Kier alpha value is -0.570. The number of ether oxygens (including phenoxy) is 1. The molecule has 74 valence electrons. The van der Waals surface area contributed by atoms with Crippen molar-refractivity contribution in [1.82, 2.24) is 4.90 Å². The number of rotatable bonds is 2. The summed E-state index contributed by atoms with van der Waals surface area (Å²) in [6.45, 7) is 5.71. The molecule has 0 aliphatic carbocycles. The second-order valence-electron chi connectivity index (χ2n) is 4.34. The zero-order chi connectivity index (χ0) is 9.26. The molecule has 0 aromatic rings. The first-order valence-corrected chi connectivity index (χ1v) is 5.11. The maximum Gasteiger partial charge on any atom is 0.223 e. The smallest absolute Gasteiger partial charge is 0.223 e. The average Bonchev–Trinajstić information content (AvgIpc) is 2.44. The second kappa shape index (κ2) is 3.66. The van der Waals surface area contributed by atoms with Crippen LogP contribution in [0.15, 0.2) is 0 Å². The predicted octanol–water partition coefficient (Wildman–Crippen LogP) is 0.891. The minimum absolute atomic E-state index is 0.331. The van der Waals surface area contributed by atoms with E-state index in [2.05, 4.69) is 6.92 Å². The van der Waals surface area contributed by atoms with E-state index in [1.54, 1.807) is 0 Å². The first kappa shape index (κ1) is 9.00. The van der Waals surface area contributed by atoms with E-state index in [0.29, 0.717) is 24.2 Å². The van der Waals surface area contributed by atoms with Gasteiger partial charge < -0.3 is 9.64 Å². The fraction of sp³-hybridized carbons (Fsp3) is 0.900. The molecular formula is C10H17NO2. The summed E-state index contributed by atoms with van der Waals surface area (Å²) in [7, 11) is 0. The summed E-state index contributed by atoms with van der Waals surface area (Å²) in [6, 6.07) is 0. The lowest BCUT2D eigenvalue weighted by molar-refractivity contribution is -0.135. The molecule has 2 fully saturated rings. The Morgan fingerprint density at radius 2 is 2.31 bits per heavy atom. The Balaban J connectivity index is 1.76. The van der Waals surface area contributed by atoms with Gasteiger partial charge in [0.2, 0.25) is 5.91 Å². The van der Waals surface area contributed by atoms with Gasteiger partial charge in [-0.05, 0) is 12.3 Å². The molecule has 1 atom stereocenters. The van der Waals surface area contributed by atoms with Crippen molar-refractivity contribution in [1.29, 1.82) is 0 Å². The summed E-state index contributed by atoms with van der Waals surface area (Å²) >= 11 is 0. The van der Waals surface area contributed by atoms with Crippen LogP contribution in [-0.2, 0) is 9.53 Å². The molecular weight excluding hydrogens is 166 g/mol. The van der Waals surface area contributed by atoms with Crippen molar-refractivity contribution in [2.45, 2.75) is 19.8 Å². The number of hydrogen-bond donors (Lipinski definition) is 0. The van der Waals surface area contributed by atoms with Crippen molar-refractivity contribution in [3.63, 3.8) is 0 Å². The van der Waals surface area contributed by atoms with E-state index < -0.39 is 0 Å². The third kappa shape index (κ3) is 2.02. The quantitative estimate of drug-likeness (QED) is 0.636. The molecule has 2 heterocycles. The highest BCUT2D eigenvalue weighted by Crippen LogP contribution is 2.20. The number of nitrogens with zero attached hydrogens (tertiary/aromatic N) is 1. The van der Waals surface area contributed by atoms with E-state index in [1.165, 1.54) is 6.42 Å². The zero-order valence-corrected chi connectivity index (χ0v) is 8.16. The van der Waals surface area contributed by atoms with E-state index in [-0.39, 0.29) is 0 Å². The van der Waals surface area contributed by atoms with Gasteiger partial charge in [0.15, 0.2) is 0 Å². The van der Waals surface area contributed by atoms with E-state index >= 15 is 0 Å². The maximum atomic E-state index is 11.7. The van der Waals surface area contributed by atoms with Crippen molar-refractivity contribution in [2.75, 3.05) is 26.3 Å². The van der Waals surface area contributed by atoms with Gasteiger partial charge in [-0.2, -0.15) is 0 Å². The largest absolute Gasteiger partial charge is 0.381 e. The topological polar surface area (TPSA) is 29.5 Å². The third-order valence-corrected chi connectivity index (χ3v) is 2.95. The Labute approximate surface area is 79.0 Å². The Morgan fingerprint density at radius 1 is 1.54 bits per heavy atom. The molecule has 0 saturated carbocycles. The van der Waals surface area contributed by atoms with Gasteiger partial charge in [-0.1, -0.05) is 6.92 Å². The van der Waals surface area contributed by atoms with Crippen LogP contribution in [0.5, 0.6) is 0 Å². The van der Waals surface area contributed by atoms with E-state index in [0.717, 1.165) is 26.3 Å². The molecule has 0 radical (unpaired) electrons. The maximum absolute atomic E-state index is 11.7. The van der Waals surface area contributed by atoms with Gasteiger partial charge in [-0.3, -0.25) is 4.79 Å². The third-order valence-electron chi connectivity index (χ3n) is 2.95. The molecule has 0 bridgehead atoms. The van der Waals surface area contributed by atoms with Crippen LogP contribution >= 0.6 is 0 Å². The molecule has 0 spiro atoms. The number of carbonyl (C=O) groups is 1. The van der Waals surface area contributed by atoms with Crippen molar-refractivity contribution in [3.8, 4) is 0 Å². The van der Waals surface area contributed by atoms with Crippen molar-refractivity contribution in [2.24, 2.45) is 11.8 Å². The molecule has 0 aromatic heterocycles. The summed E-state index contributed by atoms with van der Waals surface area (Å²) in [5.41, 5.74) is 0. The molecule has 0 aromatic carbocycles. The molecule has 2 aliphatic heterocycles. The van der Waals surface area contributed by atoms with Crippen molar-refractivity contribution in [3.05, 3.63) is 0 Å². The standard InChI is InChI=1S/C10H17NO2/c1-8-2-3-11(5-8)10(12)4-9-6-13-7-9/h8-9H,2-7H2,1H3. The summed E-state index contributed by atoms with van der Waals surface area (Å²) in [5.74, 6) is 1.53. The summed E-state index contributed by atoms with van der Waals surface area (Å²) < 4.78 is 5.05. The lowest BCUT2D eigenvalue weighted by atomic mass is 10.0. The van der Waals surface area contributed by atoms with Crippen LogP contribution in [0.3, 0.4) is 0 Å². The van der Waals surface area contributed by atoms with Crippen LogP contribution in [-0.4, -0.2) is 37.1 Å². The highest BCUT2D eigenvalue weighted by Gasteiger charge is 2.27. The Kier molecular flexibility index (Phi) is 2.54. The SMILES string of the molecule is CC1CCN(C(=O)CC2COC2)C1. The summed E-state index contributed by atoms with van der Waals surface area (Å²) in [6.07, 6.45) is 1.87. The van der Waals surface area contributed by atoms with Crippen molar-refractivity contribution >= 4 is 5.91 Å². The molecule has 3 nitrogen and oxygen atoms in total. The molecule has 2 rings (SSSR count). The fourth-order valence-electron chi connectivity index (χ4n) is 1.94. The minimum Gasteiger partial charge on any atom is -0.381 e. The minimum atomic E-state index is 0.331. The highest BCUT2D eigenvalue weighted by molar-refractivity contribution is 5.76. The molecule has 2 aliphatic rings. The van der Waals surface area contributed by atoms with Crippen LogP contribution in [0, 0.1) is 11.8 Å². The normalized spacial score (nSPS) is 29.0. The first-order chi connectivity index (χ1) is 6.25. The van der Waals surface area contributed by atoms with Crippen molar-refractivity contribution < 1.29 is 9.53 Å². The fourth-order valence-corrected chi connectivity index (χ4v) is 1.94. The van der Waals surface area contributed by atoms with E-state index in [4.69, 9.17) is 4.74 Å². The van der Waals surface area contributed by atoms with Gasteiger partial charge in [-0.15, -0.1) is 0 Å². The average molecular weight is 183 g/mol. The van der Waals surface area contributed by atoms with Crippen LogP contribution in [0.25, 0.3) is 0 Å². The van der Waals surface area contributed by atoms with Gasteiger partial charge in [-0.25, -0.2) is 0 Å². The zero-order valence-electron chi connectivity index (χ0n) is 8.16. The van der Waals surface area contributed by atoms with Gasteiger partial charge in [0.25, 0.3) is 0 Å². The molecule has 2 saturated heterocycles. The molecule has 1 unspecified atom stereocenters. The Bertz CT molecular complexity index is 201. The molecule has 1 amide bonds. The van der Waals surface area contributed by atoms with Gasteiger partial charge in [0.1, 0.15) is 0 Å². The number of likely N-dealkylation sites (tertiary alicyclic amines) is 1. The molecule has 13 heavy (non-hydrogen) atoms. The second-order valence-corrected chi connectivity index (χ2v) is 4.34. The number of amides is 1. The van der Waals surface area contributed by atoms with Gasteiger partial charge in [0, 0.05) is 25.4 Å². The van der Waals surface area contributed by atoms with Crippen LogP contribution in [0.1, 0.15) is 19.8 Å². The lowest BCUT2D eigenvalue weighted by Gasteiger charge is -2.27. The predicted molar refractivity (Wildman–Crippen MR) is 49.3 cm³/mol. The van der Waals surface area contributed by atoms with Crippen LogP contribution in [0.4, 0.5) is 0 Å². The highest BCUT2D eigenvalue weighted by atomic mass is 16.5. The van der Waals surface area contributed by atoms with Crippen LogP contribution in [0.2, 0.25) is 0 Å². The van der Waals surface area contributed by atoms with Gasteiger partial charge in [0.05, 0.1) is 13.2 Å². The number of carbonyl (C=O) groups excluding carboxylic acids is 1. The summed E-state index contributed by atoms with van der Waals surface area (Å²) in [4.78, 5) is 13.7. The van der Waals surface area contributed by atoms with E-state index in [9.17, 15) is 4.79 Å². The van der Waals surface area contributed by atoms with Crippen LogP contribution < -0.4 is 0 Å². The monoisotopic (exact) mass is 183 g/mol. The first-order valence-electron chi connectivity index (χ1n) is 5.11. The Morgan fingerprint density at radius 3 is 2.77 bits per heavy atom. The summed E-state index contributed by atoms with van der Waals surface area (Å²) in [5, 5.41) is 0.